The molecule has 2 aromatic rings. The Kier molecular flexibility index (Phi) is 7.01. The number of para-hydroxylation sites is 1. The first-order valence-corrected chi connectivity index (χ1v) is 10.2. The van der Waals surface area contributed by atoms with Gasteiger partial charge in [0.05, 0.1) is 18.7 Å². The summed E-state index contributed by atoms with van der Waals surface area (Å²) in [6.45, 7) is 3.93. The van der Waals surface area contributed by atoms with Crippen LogP contribution < -0.4 is 10.6 Å². The number of anilines is 2. The maximum absolute atomic E-state index is 12.5. The van der Waals surface area contributed by atoms with E-state index < -0.39 is 6.03 Å². The summed E-state index contributed by atoms with van der Waals surface area (Å²) in [7, 11) is 0. The first-order chi connectivity index (χ1) is 14.0. The molecular weight excluding hydrogens is 394 g/mol. The Hall–Kier alpha value is -3.14. The van der Waals surface area contributed by atoms with E-state index in [0.717, 1.165) is 0 Å². The molecule has 4 amide bonds. The molecule has 0 bridgehead atoms. The van der Waals surface area contributed by atoms with Crippen LogP contribution in [0.3, 0.4) is 0 Å². The molecule has 10 heteroatoms. The average molecular weight is 417 g/mol. The van der Waals surface area contributed by atoms with E-state index in [1.54, 1.807) is 34.2 Å². The third-order valence-corrected chi connectivity index (χ3v) is 5.10. The van der Waals surface area contributed by atoms with Crippen LogP contribution in [0.4, 0.5) is 20.4 Å². The van der Waals surface area contributed by atoms with Gasteiger partial charge < -0.3 is 19.9 Å². The van der Waals surface area contributed by atoms with Gasteiger partial charge in [-0.1, -0.05) is 18.2 Å². The fraction of sp³-hybridized carbons (Fsp3) is 0.368. The van der Waals surface area contributed by atoms with E-state index in [9.17, 15) is 14.4 Å². The molecule has 0 aliphatic carbocycles. The van der Waals surface area contributed by atoms with E-state index in [1.807, 2.05) is 18.2 Å². The summed E-state index contributed by atoms with van der Waals surface area (Å²) in [5.41, 5.74) is 1.28. The third-order valence-electron chi connectivity index (χ3n) is 4.29. The predicted molar refractivity (Wildman–Crippen MR) is 110 cm³/mol. The molecule has 154 valence electrons. The van der Waals surface area contributed by atoms with Crippen LogP contribution in [0.25, 0.3) is 0 Å². The Morgan fingerprint density at radius 3 is 2.45 bits per heavy atom. The summed E-state index contributed by atoms with van der Waals surface area (Å²) in [4.78, 5) is 43.9. The SMILES string of the molecule is CCOC(=O)N1CCN(C(=O)Cc2csc(NC(=O)Nc3ccccc3)n2)CC1. The number of amides is 4. The van der Waals surface area contributed by atoms with Crippen molar-refractivity contribution in [1.82, 2.24) is 14.8 Å². The molecule has 1 aromatic carbocycles. The van der Waals surface area contributed by atoms with E-state index in [1.165, 1.54) is 11.3 Å². The number of hydrogen-bond acceptors (Lipinski definition) is 6. The molecule has 3 rings (SSSR count). The number of carbonyl (C=O) groups is 3. The van der Waals surface area contributed by atoms with Crippen LogP contribution in [-0.4, -0.2) is 65.6 Å². The summed E-state index contributed by atoms with van der Waals surface area (Å²) in [6.07, 6.45) is -0.193. The molecule has 0 unspecified atom stereocenters. The van der Waals surface area contributed by atoms with Gasteiger partial charge in [-0.3, -0.25) is 10.1 Å². The minimum absolute atomic E-state index is 0.0564. The quantitative estimate of drug-likeness (QED) is 0.778. The summed E-state index contributed by atoms with van der Waals surface area (Å²) < 4.78 is 4.98. The summed E-state index contributed by atoms with van der Waals surface area (Å²) in [5, 5.41) is 7.56. The standard InChI is InChI=1S/C19H23N5O4S/c1-2-28-19(27)24-10-8-23(9-11-24)16(25)12-15-13-29-18(21-15)22-17(26)20-14-6-4-3-5-7-14/h3-7,13H,2,8-12H2,1H3,(H2,20,21,22,26). The molecule has 0 spiro atoms. The highest BCUT2D eigenvalue weighted by Crippen LogP contribution is 2.17. The number of thiazole rings is 1. The number of hydrogen-bond donors (Lipinski definition) is 2. The normalized spacial score (nSPS) is 13.7. The highest BCUT2D eigenvalue weighted by atomic mass is 32.1. The van der Waals surface area contributed by atoms with Gasteiger partial charge >= 0.3 is 12.1 Å². The summed E-state index contributed by atoms with van der Waals surface area (Å²) in [6, 6.07) is 8.70. The Labute approximate surface area is 172 Å². The third kappa shape index (κ3) is 5.92. The minimum atomic E-state index is -0.390. The van der Waals surface area contributed by atoms with E-state index in [-0.39, 0.29) is 18.4 Å². The second-order valence-corrected chi connectivity index (χ2v) is 7.19. The molecule has 0 atom stereocenters. The highest BCUT2D eigenvalue weighted by Gasteiger charge is 2.25. The van der Waals surface area contributed by atoms with Crippen molar-refractivity contribution in [3.63, 3.8) is 0 Å². The van der Waals surface area contributed by atoms with E-state index in [2.05, 4.69) is 15.6 Å². The van der Waals surface area contributed by atoms with Crippen molar-refractivity contribution >= 4 is 40.2 Å². The topological polar surface area (TPSA) is 104 Å². The number of benzene rings is 1. The van der Waals surface area contributed by atoms with Crippen LogP contribution in [0.2, 0.25) is 0 Å². The van der Waals surface area contributed by atoms with Crippen LogP contribution >= 0.6 is 11.3 Å². The molecule has 0 saturated carbocycles. The van der Waals surface area contributed by atoms with Gasteiger partial charge in [0.15, 0.2) is 5.13 Å². The minimum Gasteiger partial charge on any atom is -0.450 e. The van der Waals surface area contributed by atoms with Crippen molar-refractivity contribution in [1.29, 1.82) is 0 Å². The molecule has 1 aliphatic heterocycles. The molecule has 1 aromatic heterocycles. The molecule has 2 N–H and O–H groups in total. The van der Waals surface area contributed by atoms with Gasteiger partial charge in [0.1, 0.15) is 0 Å². The van der Waals surface area contributed by atoms with Crippen LogP contribution in [-0.2, 0) is 16.0 Å². The number of nitrogens with one attached hydrogen (secondary N) is 2. The van der Waals surface area contributed by atoms with Crippen LogP contribution in [0, 0.1) is 0 Å². The predicted octanol–water partition coefficient (Wildman–Crippen LogP) is 2.63. The first kappa shape index (κ1) is 20.6. The van der Waals surface area contributed by atoms with Gasteiger partial charge in [-0.05, 0) is 19.1 Å². The van der Waals surface area contributed by atoms with E-state index in [4.69, 9.17) is 4.74 Å². The Balaban J connectivity index is 1.45. The number of ether oxygens (including phenoxy) is 1. The Morgan fingerprint density at radius 1 is 1.07 bits per heavy atom. The molecule has 1 fully saturated rings. The molecule has 9 nitrogen and oxygen atoms in total. The number of aromatic nitrogens is 1. The lowest BCUT2D eigenvalue weighted by atomic mass is 10.2. The van der Waals surface area contributed by atoms with Crippen molar-refractivity contribution in [3.8, 4) is 0 Å². The zero-order valence-corrected chi connectivity index (χ0v) is 16.9. The zero-order chi connectivity index (χ0) is 20.6. The molecule has 29 heavy (non-hydrogen) atoms. The Bertz CT molecular complexity index is 849. The maximum atomic E-state index is 12.5. The van der Waals surface area contributed by atoms with Crippen molar-refractivity contribution in [2.75, 3.05) is 43.4 Å². The lowest BCUT2D eigenvalue weighted by Crippen LogP contribution is -2.51. The number of carbonyl (C=O) groups excluding carboxylic acids is 3. The monoisotopic (exact) mass is 417 g/mol. The molecular formula is C19H23N5O4S. The first-order valence-electron chi connectivity index (χ1n) is 9.32. The number of rotatable bonds is 5. The van der Waals surface area contributed by atoms with Gasteiger partial charge in [0, 0.05) is 37.2 Å². The van der Waals surface area contributed by atoms with Crippen LogP contribution in [0.5, 0.6) is 0 Å². The molecule has 1 saturated heterocycles. The molecule has 1 aliphatic rings. The molecule has 0 radical (unpaired) electrons. The average Bonchev–Trinajstić information content (AvgIpc) is 3.15. The van der Waals surface area contributed by atoms with Gasteiger partial charge in [-0.15, -0.1) is 11.3 Å². The fourth-order valence-electron chi connectivity index (χ4n) is 2.85. The largest absolute Gasteiger partial charge is 0.450 e. The van der Waals surface area contributed by atoms with Gasteiger partial charge in [-0.2, -0.15) is 0 Å². The van der Waals surface area contributed by atoms with E-state index in [0.29, 0.717) is 49.3 Å². The zero-order valence-electron chi connectivity index (χ0n) is 16.1. The second-order valence-electron chi connectivity index (χ2n) is 6.33. The number of nitrogens with zero attached hydrogens (tertiary/aromatic N) is 3. The number of piperazine rings is 1. The van der Waals surface area contributed by atoms with Crippen LogP contribution in [0.1, 0.15) is 12.6 Å². The van der Waals surface area contributed by atoms with Crippen molar-refractivity contribution in [2.45, 2.75) is 13.3 Å². The van der Waals surface area contributed by atoms with Gasteiger partial charge in [0.2, 0.25) is 5.91 Å². The second kappa shape index (κ2) is 9.87. The lowest BCUT2D eigenvalue weighted by Gasteiger charge is -2.34. The van der Waals surface area contributed by atoms with Crippen molar-refractivity contribution < 1.29 is 19.1 Å². The Morgan fingerprint density at radius 2 is 1.76 bits per heavy atom. The van der Waals surface area contributed by atoms with Gasteiger partial charge in [-0.25, -0.2) is 14.6 Å². The fourth-order valence-corrected chi connectivity index (χ4v) is 3.55. The highest BCUT2D eigenvalue weighted by molar-refractivity contribution is 7.14. The number of urea groups is 1. The molecule has 2 heterocycles. The van der Waals surface area contributed by atoms with Crippen molar-refractivity contribution in [3.05, 3.63) is 41.4 Å². The van der Waals surface area contributed by atoms with Gasteiger partial charge in [0.25, 0.3) is 0 Å². The van der Waals surface area contributed by atoms with Crippen LogP contribution in [0.15, 0.2) is 35.7 Å². The maximum Gasteiger partial charge on any atom is 0.409 e. The van der Waals surface area contributed by atoms with E-state index >= 15 is 0 Å². The smallest absolute Gasteiger partial charge is 0.409 e. The lowest BCUT2D eigenvalue weighted by molar-refractivity contribution is -0.132. The summed E-state index contributed by atoms with van der Waals surface area (Å²) >= 11 is 1.26. The summed E-state index contributed by atoms with van der Waals surface area (Å²) in [5.74, 6) is -0.0564. The van der Waals surface area contributed by atoms with Crippen molar-refractivity contribution in [2.24, 2.45) is 0 Å².